The highest BCUT2D eigenvalue weighted by Gasteiger charge is 2.23. The number of rotatable bonds is 6. The van der Waals surface area contributed by atoms with Crippen molar-refractivity contribution in [2.24, 2.45) is 0 Å². The smallest absolute Gasteiger partial charge is 0.349 e. The number of anilines is 1. The number of aliphatic hydroxyl groups excluding tert-OH is 1. The third kappa shape index (κ3) is 3.84. The summed E-state index contributed by atoms with van der Waals surface area (Å²) in [6.45, 7) is 5.78. The molecule has 0 aliphatic heterocycles. The third-order valence-electron chi connectivity index (χ3n) is 3.98. The number of aromatic nitrogens is 2. The average Bonchev–Trinajstić information content (AvgIpc) is 2.98. The van der Waals surface area contributed by atoms with Gasteiger partial charge in [-0.25, -0.2) is 14.8 Å². The standard InChI is InChI=1S/C19H21N3O3S/c1-12-14-16(22-19(2,3)10-23)20-11-21-17(14)26-15(12)18(24)25-9-13-7-5-4-6-8-13/h4-8,11,23H,9-10H2,1-3H3,(H,20,21,22). The maximum Gasteiger partial charge on any atom is 0.349 e. The molecule has 0 saturated heterocycles. The van der Waals surface area contributed by atoms with Gasteiger partial charge in [0, 0.05) is 0 Å². The van der Waals surface area contributed by atoms with Crippen molar-refractivity contribution in [1.29, 1.82) is 0 Å². The molecule has 0 aliphatic rings. The van der Waals surface area contributed by atoms with Gasteiger partial charge in [-0.1, -0.05) is 30.3 Å². The molecule has 0 spiro atoms. The van der Waals surface area contributed by atoms with E-state index < -0.39 is 5.54 Å². The number of nitrogens with zero attached hydrogens (tertiary/aromatic N) is 2. The zero-order valence-electron chi connectivity index (χ0n) is 14.9. The van der Waals surface area contributed by atoms with Gasteiger partial charge in [0.25, 0.3) is 0 Å². The summed E-state index contributed by atoms with van der Waals surface area (Å²) < 4.78 is 5.45. The van der Waals surface area contributed by atoms with Crippen molar-refractivity contribution in [2.45, 2.75) is 32.9 Å². The number of hydrogen-bond donors (Lipinski definition) is 2. The molecule has 0 bridgehead atoms. The molecule has 2 aromatic heterocycles. The largest absolute Gasteiger partial charge is 0.457 e. The van der Waals surface area contributed by atoms with Crippen LogP contribution in [0.2, 0.25) is 0 Å². The molecule has 0 radical (unpaired) electrons. The van der Waals surface area contributed by atoms with E-state index in [4.69, 9.17) is 4.74 Å². The zero-order chi connectivity index (χ0) is 18.7. The van der Waals surface area contributed by atoms with E-state index in [9.17, 15) is 9.90 Å². The number of aryl methyl sites for hydroxylation is 1. The van der Waals surface area contributed by atoms with Gasteiger partial charge in [-0.15, -0.1) is 11.3 Å². The minimum Gasteiger partial charge on any atom is -0.457 e. The van der Waals surface area contributed by atoms with E-state index in [1.54, 1.807) is 0 Å². The molecule has 2 heterocycles. The summed E-state index contributed by atoms with van der Waals surface area (Å²) in [7, 11) is 0. The summed E-state index contributed by atoms with van der Waals surface area (Å²) in [5.74, 6) is 0.228. The first-order valence-corrected chi connectivity index (χ1v) is 9.07. The van der Waals surface area contributed by atoms with Crippen LogP contribution in [-0.4, -0.2) is 33.2 Å². The summed E-state index contributed by atoms with van der Waals surface area (Å²) >= 11 is 1.29. The quantitative estimate of drug-likeness (QED) is 0.645. The number of hydrogen-bond acceptors (Lipinski definition) is 7. The molecular weight excluding hydrogens is 350 g/mol. The highest BCUT2D eigenvalue weighted by Crippen LogP contribution is 2.34. The maximum absolute atomic E-state index is 12.5. The van der Waals surface area contributed by atoms with Gasteiger partial charge in [-0.05, 0) is 31.9 Å². The van der Waals surface area contributed by atoms with Gasteiger partial charge in [0.05, 0.1) is 17.5 Å². The number of thiophene rings is 1. The van der Waals surface area contributed by atoms with Gasteiger partial charge in [0.2, 0.25) is 0 Å². The Balaban J connectivity index is 1.88. The van der Waals surface area contributed by atoms with Gasteiger partial charge in [-0.2, -0.15) is 0 Å². The monoisotopic (exact) mass is 371 g/mol. The number of carbonyl (C=O) groups is 1. The minimum absolute atomic E-state index is 0.0480. The lowest BCUT2D eigenvalue weighted by atomic mass is 10.1. The van der Waals surface area contributed by atoms with Gasteiger partial charge in [-0.3, -0.25) is 0 Å². The minimum atomic E-state index is -0.538. The van der Waals surface area contributed by atoms with Gasteiger partial charge < -0.3 is 15.2 Å². The lowest BCUT2D eigenvalue weighted by Crippen LogP contribution is -2.35. The van der Waals surface area contributed by atoms with Gasteiger partial charge in [0.15, 0.2) is 0 Å². The van der Waals surface area contributed by atoms with Crippen LogP contribution in [0.5, 0.6) is 0 Å². The Labute approximate surface area is 155 Å². The second kappa shape index (κ2) is 7.39. The van der Waals surface area contributed by atoms with Crippen molar-refractivity contribution < 1.29 is 14.6 Å². The summed E-state index contributed by atoms with van der Waals surface area (Å²) in [4.78, 5) is 22.3. The average molecular weight is 371 g/mol. The third-order valence-corrected chi connectivity index (χ3v) is 5.16. The lowest BCUT2D eigenvalue weighted by Gasteiger charge is -2.24. The fourth-order valence-electron chi connectivity index (χ4n) is 2.51. The van der Waals surface area contributed by atoms with E-state index in [-0.39, 0.29) is 19.2 Å². The molecule has 0 saturated carbocycles. The van der Waals surface area contributed by atoms with E-state index in [0.717, 1.165) is 16.5 Å². The molecular formula is C19H21N3O3S. The molecule has 26 heavy (non-hydrogen) atoms. The second-order valence-corrected chi connectivity index (χ2v) is 7.69. The molecule has 2 N–H and O–H groups in total. The first kappa shape index (κ1) is 18.3. The number of carbonyl (C=O) groups excluding carboxylic acids is 1. The first-order valence-electron chi connectivity index (χ1n) is 8.25. The fraction of sp³-hybridized carbons (Fsp3) is 0.316. The van der Waals surface area contributed by atoms with Gasteiger partial charge >= 0.3 is 5.97 Å². The van der Waals surface area contributed by atoms with Crippen LogP contribution in [0.4, 0.5) is 5.82 Å². The van der Waals surface area contributed by atoms with Crippen molar-refractivity contribution in [1.82, 2.24) is 9.97 Å². The number of esters is 1. The summed E-state index contributed by atoms with van der Waals surface area (Å²) in [6, 6.07) is 9.56. The Kier molecular flexibility index (Phi) is 5.20. The topological polar surface area (TPSA) is 84.3 Å². The van der Waals surface area contributed by atoms with E-state index in [1.807, 2.05) is 51.1 Å². The van der Waals surface area contributed by atoms with Crippen LogP contribution in [0.1, 0.15) is 34.6 Å². The maximum atomic E-state index is 12.5. The molecule has 0 aliphatic carbocycles. The van der Waals surface area contributed by atoms with Gasteiger partial charge in [0.1, 0.15) is 28.5 Å². The number of ether oxygens (including phenoxy) is 1. The molecule has 0 amide bonds. The Morgan fingerprint density at radius 1 is 1.27 bits per heavy atom. The van der Waals surface area contributed by atoms with Crippen LogP contribution in [-0.2, 0) is 11.3 Å². The predicted octanol–water partition coefficient (Wildman–Crippen LogP) is 3.54. The molecule has 0 unspecified atom stereocenters. The number of aliphatic hydroxyl groups is 1. The molecule has 1 aromatic carbocycles. The van der Waals surface area contributed by atoms with E-state index >= 15 is 0 Å². The van der Waals surface area contributed by atoms with Crippen LogP contribution in [0, 0.1) is 6.92 Å². The van der Waals surface area contributed by atoms with Crippen molar-refractivity contribution in [3.63, 3.8) is 0 Å². The number of fused-ring (bicyclic) bond motifs is 1. The molecule has 0 atom stereocenters. The Morgan fingerprint density at radius 3 is 2.69 bits per heavy atom. The molecule has 0 fully saturated rings. The lowest BCUT2D eigenvalue weighted by molar-refractivity contribution is 0.0478. The van der Waals surface area contributed by atoms with Crippen LogP contribution in [0.15, 0.2) is 36.7 Å². The van der Waals surface area contributed by atoms with Crippen LogP contribution in [0.25, 0.3) is 10.2 Å². The van der Waals surface area contributed by atoms with Crippen LogP contribution < -0.4 is 5.32 Å². The molecule has 136 valence electrons. The van der Waals surface area contributed by atoms with Crippen molar-refractivity contribution in [3.8, 4) is 0 Å². The van der Waals surface area contributed by atoms with E-state index in [0.29, 0.717) is 15.5 Å². The van der Waals surface area contributed by atoms with E-state index in [2.05, 4.69) is 15.3 Å². The molecule has 3 rings (SSSR count). The van der Waals surface area contributed by atoms with Crippen molar-refractivity contribution >= 4 is 33.3 Å². The second-order valence-electron chi connectivity index (χ2n) is 6.69. The molecule has 3 aromatic rings. The Hall–Kier alpha value is -2.51. The zero-order valence-corrected chi connectivity index (χ0v) is 15.8. The number of benzene rings is 1. The highest BCUT2D eigenvalue weighted by atomic mass is 32.1. The van der Waals surface area contributed by atoms with Crippen LogP contribution in [0.3, 0.4) is 0 Å². The fourth-order valence-corrected chi connectivity index (χ4v) is 3.55. The van der Waals surface area contributed by atoms with Crippen molar-refractivity contribution in [3.05, 3.63) is 52.7 Å². The SMILES string of the molecule is Cc1c(C(=O)OCc2ccccc2)sc2ncnc(NC(C)(C)CO)c12. The normalized spacial score (nSPS) is 11.5. The summed E-state index contributed by atoms with van der Waals surface area (Å²) in [6.07, 6.45) is 1.45. The molecule has 6 nitrogen and oxygen atoms in total. The summed E-state index contributed by atoms with van der Waals surface area (Å²) in [5.41, 5.74) is 1.18. The van der Waals surface area contributed by atoms with E-state index in [1.165, 1.54) is 17.7 Å². The molecule has 7 heteroatoms. The summed E-state index contributed by atoms with van der Waals surface area (Å²) in [5, 5.41) is 13.5. The first-order chi connectivity index (χ1) is 12.4. The Morgan fingerprint density at radius 2 is 2.00 bits per heavy atom. The number of nitrogens with one attached hydrogen (secondary N) is 1. The Bertz CT molecular complexity index is 922. The van der Waals surface area contributed by atoms with Crippen molar-refractivity contribution in [2.75, 3.05) is 11.9 Å². The predicted molar refractivity (Wildman–Crippen MR) is 103 cm³/mol. The highest BCUT2D eigenvalue weighted by molar-refractivity contribution is 7.20. The van der Waals surface area contributed by atoms with Crippen LogP contribution >= 0.6 is 11.3 Å².